The van der Waals surface area contributed by atoms with E-state index in [1.54, 1.807) is 24.1 Å². The third kappa shape index (κ3) is 3.16. The van der Waals surface area contributed by atoms with Crippen LogP contribution >= 0.6 is 0 Å². The summed E-state index contributed by atoms with van der Waals surface area (Å²) in [5.74, 6) is 0.0933. The summed E-state index contributed by atoms with van der Waals surface area (Å²) in [7, 11) is 2.95. The number of anilines is 1. The lowest BCUT2D eigenvalue weighted by Gasteiger charge is -2.36. The molecule has 1 fully saturated rings. The van der Waals surface area contributed by atoms with Crippen LogP contribution in [0, 0.1) is 0 Å². The number of aromatic hydroxyl groups is 1. The molecule has 29 heavy (non-hydrogen) atoms. The van der Waals surface area contributed by atoms with E-state index in [1.165, 1.54) is 22.5 Å². The van der Waals surface area contributed by atoms with E-state index in [4.69, 9.17) is 0 Å². The van der Waals surface area contributed by atoms with Gasteiger partial charge in [-0.05, 0) is 12.1 Å². The molecule has 1 aromatic carbocycles. The molecule has 0 atom stereocenters. The molecule has 152 valence electrons. The Balaban J connectivity index is 1.51. The molecule has 10 nitrogen and oxygen atoms in total. The van der Waals surface area contributed by atoms with Crippen molar-refractivity contribution in [3.63, 3.8) is 0 Å². The van der Waals surface area contributed by atoms with Gasteiger partial charge in [-0.1, -0.05) is 12.1 Å². The van der Waals surface area contributed by atoms with E-state index in [-0.39, 0.29) is 29.4 Å². The number of aromatic nitrogens is 4. The second-order valence-corrected chi connectivity index (χ2v) is 7.11. The van der Waals surface area contributed by atoms with Gasteiger partial charge in [-0.3, -0.25) is 18.7 Å². The lowest BCUT2D eigenvalue weighted by Crippen LogP contribution is -2.49. The summed E-state index contributed by atoms with van der Waals surface area (Å²) < 4.78 is 3.80. The zero-order valence-corrected chi connectivity index (χ0v) is 16.3. The van der Waals surface area contributed by atoms with E-state index in [0.717, 1.165) is 10.3 Å². The SMILES string of the molecule is Cn1c(=O)c2c(ncn2CC(=O)N2CCN(c3ccccc3O)CC2)n(C)c1=O. The zero-order chi connectivity index (χ0) is 20.7. The number of fused-ring (bicyclic) bond motifs is 1. The number of hydrogen-bond donors (Lipinski definition) is 1. The van der Waals surface area contributed by atoms with E-state index in [2.05, 4.69) is 4.98 Å². The second-order valence-electron chi connectivity index (χ2n) is 7.11. The molecule has 3 heterocycles. The number of piperazine rings is 1. The van der Waals surface area contributed by atoms with Gasteiger partial charge in [0.05, 0.1) is 12.0 Å². The number of rotatable bonds is 3. The third-order valence-electron chi connectivity index (χ3n) is 5.38. The normalized spacial score (nSPS) is 14.6. The van der Waals surface area contributed by atoms with Gasteiger partial charge in [0.25, 0.3) is 5.56 Å². The highest BCUT2D eigenvalue weighted by molar-refractivity contribution is 5.79. The Hall–Kier alpha value is -3.56. The van der Waals surface area contributed by atoms with Gasteiger partial charge >= 0.3 is 5.69 Å². The van der Waals surface area contributed by atoms with Gasteiger partial charge in [-0.2, -0.15) is 0 Å². The lowest BCUT2D eigenvalue weighted by molar-refractivity contribution is -0.132. The predicted molar refractivity (Wildman–Crippen MR) is 107 cm³/mol. The molecule has 3 aromatic rings. The first-order valence-electron chi connectivity index (χ1n) is 9.30. The summed E-state index contributed by atoms with van der Waals surface area (Å²) in [6.45, 7) is 2.20. The van der Waals surface area contributed by atoms with Crippen molar-refractivity contribution in [1.82, 2.24) is 23.6 Å². The van der Waals surface area contributed by atoms with Crippen LogP contribution in [0.5, 0.6) is 5.75 Å². The first kappa shape index (κ1) is 18.8. The number of aryl methyl sites for hydroxylation is 1. The van der Waals surface area contributed by atoms with Gasteiger partial charge in [0.1, 0.15) is 12.3 Å². The minimum atomic E-state index is -0.474. The molecule has 0 unspecified atom stereocenters. The molecule has 0 bridgehead atoms. The zero-order valence-electron chi connectivity index (χ0n) is 16.3. The average molecular weight is 398 g/mol. The summed E-state index contributed by atoms with van der Waals surface area (Å²) in [4.78, 5) is 45.3. The molecule has 10 heteroatoms. The summed E-state index contributed by atoms with van der Waals surface area (Å²) in [5.41, 5.74) is 0.313. The summed E-state index contributed by atoms with van der Waals surface area (Å²) in [6.07, 6.45) is 1.42. The summed E-state index contributed by atoms with van der Waals surface area (Å²) in [6, 6.07) is 7.13. The fraction of sp³-hybridized carbons (Fsp3) is 0.368. The molecule has 0 spiro atoms. The Bertz CT molecular complexity index is 1200. The maximum Gasteiger partial charge on any atom is 0.332 e. The quantitative estimate of drug-likeness (QED) is 0.637. The molecule has 2 aromatic heterocycles. The molecule has 0 radical (unpaired) electrons. The number of para-hydroxylation sites is 2. The molecule has 1 N–H and O–H groups in total. The fourth-order valence-electron chi connectivity index (χ4n) is 3.69. The van der Waals surface area contributed by atoms with Crippen molar-refractivity contribution < 1.29 is 9.90 Å². The van der Waals surface area contributed by atoms with E-state index in [1.807, 2.05) is 17.0 Å². The number of phenols is 1. The fourth-order valence-corrected chi connectivity index (χ4v) is 3.69. The first-order valence-corrected chi connectivity index (χ1v) is 9.30. The Morgan fingerprint density at radius 3 is 2.45 bits per heavy atom. The number of phenolic OH excluding ortho intramolecular Hbond substituents is 1. The van der Waals surface area contributed by atoms with Crippen molar-refractivity contribution in [3.05, 3.63) is 51.4 Å². The van der Waals surface area contributed by atoms with Crippen LogP contribution < -0.4 is 16.1 Å². The largest absolute Gasteiger partial charge is 0.506 e. The molecule has 1 saturated heterocycles. The number of benzene rings is 1. The molecule has 1 aliphatic rings. The van der Waals surface area contributed by atoms with Crippen LogP contribution in [0.4, 0.5) is 5.69 Å². The molecule has 4 rings (SSSR count). The van der Waals surface area contributed by atoms with Crippen LogP contribution in [0.1, 0.15) is 0 Å². The van der Waals surface area contributed by atoms with Gasteiger partial charge in [0.15, 0.2) is 11.2 Å². The van der Waals surface area contributed by atoms with Crippen LogP contribution in [0.25, 0.3) is 11.2 Å². The maximum absolute atomic E-state index is 12.8. The summed E-state index contributed by atoms with van der Waals surface area (Å²) in [5, 5.41) is 10.0. The van der Waals surface area contributed by atoms with Crippen LogP contribution in [-0.2, 0) is 25.4 Å². The molecule has 0 saturated carbocycles. The maximum atomic E-state index is 12.8. The Morgan fingerprint density at radius 2 is 1.76 bits per heavy atom. The standard InChI is InChI=1S/C19H22N6O4/c1-21-17-16(18(28)22(2)19(21)29)25(12-20-17)11-15(27)24-9-7-23(8-10-24)13-5-3-4-6-14(13)26/h3-6,12,26H,7-11H2,1-2H3. The Morgan fingerprint density at radius 1 is 1.07 bits per heavy atom. The van der Waals surface area contributed by atoms with Crippen LogP contribution in [0.2, 0.25) is 0 Å². The molecular formula is C19H22N6O4. The molecule has 0 aliphatic carbocycles. The number of nitrogens with zero attached hydrogens (tertiary/aromatic N) is 6. The average Bonchev–Trinajstić information content (AvgIpc) is 3.15. The van der Waals surface area contributed by atoms with Crippen LogP contribution in [-0.4, -0.2) is 60.8 Å². The van der Waals surface area contributed by atoms with Gasteiger partial charge in [-0.25, -0.2) is 9.78 Å². The van der Waals surface area contributed by atoms with Crippen molar-refractivity contribution in [2.45, 2.75) is 6.54 Å². The number of amides is 1. The minimum Gasteiger partial charge on any atom is -0.506 e. The van der Waals surface area contributed by atoms with Crippen molar-refractivity contribution >= 4 is 22.8 Å². The van der Waals surface area contributed by atoms with E-state index < -0.39 is 11.2 Å². The highest BCUT2D eigenvalue weighted by atomic mass is 16.3. The van der Waals surface area contributed by atoms with Crippen molar-refractivity contribution in [2.75, 3.05) is 31.1 Å². The monoisotopic (exact) mass is 398 g/mol. The van der Waals surface area contributed by atoms with Crippen molar-refractivity contribution in [3.8, 4) is 5.75 Å². The highest BCUT2D eigenvalue weighted by Gasteiger charge is 2.24. The predicted octanol–water partition coefficient (Wildman–Crippen LogP) is -0.512. The topological polar surface area (TPSA) is 106 Å². The van der Waals surface area contributed by atoms with E-state index in [0.29, 0.717) is 26.2 Å². The smallest absolute Gasteiger partial charge is 0.332 e. The van der Waals surface area contributed by atoms with Crippen LogP contribution in [0.15, 0.2) is 40.2 Å². The van der Waals surface area contributed by atoms with Gasteiger partial charge in [0, 0.05) is 40.3 Å². The molecule has 1 aliphatic heterocycles. The lowest BCUT2D eigenvalue weighted by atomic mass is 10.2. The number of carbonyl (C=O) groups is 1. The Labute approximate surface area is 165 Å². The Kier molecular flexibility index (Phi) is 4.61. The van der Waals surface area contributed by atoms with Gasteiger partial charge in [0.2, 0.25) is 5.91 Å². The minimum absolute atomic E-state index is 0.0273. The second kappa shape index (κ2) is 7.12. The molecular weight excluding hydrogens is 376 g/mol. The summed E-state index contributed by atoms with van der Waals surface area (Å²) >= 11 is 0. The first-order chi connectivity index (χ1) is 13.9. The van der Waals surface area contributed by atoms with Crippen molar-refractivity contribution in [2.24, 2.45) is 14.1 Å². The number of carbonyl (C=O) groups excluding carboxylic acids is 1. The number of hydrogen-bond acceptors (Lipinski definition) is 6. The third-order valence-corrected chi connectivity index (χ3v) is 5.38. The van der Waals surface area contributed by atoms with E-state index in [9.17, 15) is 19.5 Å². The van der Waals surface area contributed by atoms with Crippen LogP contribution in [0.3, 0.4) is 0 Å². The highest BCUT2D eigenvalue weighted by Crippen LogP contribution is 2.27. The molecule has 1 amide bonds. The number of imidazole rings is 1. The van der Waals surface area contributed by atoms with Crippen molar-refractivity contribution in [1.29, 1.82) is 0 Å². The van der Waals surface area contributed by atoms with Gasteiger partial charge < -0.3 is 19.5 Å². The van der Waals surface area contributed by atoms with E-state index >= 15 is 0 Å². The van der Waals surface area contributed by atoms with Gasteiger partial charge in [-0.15, -0.1) is 0 Å².